The summed E-state index contributed by atoms with van der Waals surface area (Å²) in [5.74, 6) is 0. The SMILES string of the molecule is c1ccc2c(c1)[C@H]1O[C@@]23c2nc4ccccc4nc2[C@]24O[C@@H](c5ccccc52)C25c6c7c8c9c%10c%11c%12c%13c%14c(c%15c%16c2c2c6c6c8c8c%17c9c9c%11c%11c%12c%12c%14c%14c%15c%15c%16c%16c2c2c6c8c6c8c%17c9c9c%11c%11c%12c%14c%12c%15c%14c%16c2c6c2c%14c%12c%11c9c82)C54C%133C7%101. The fourth-order valence-corrected chi connectivity index (χ4v) is 32.7. The van der Waals surface area contributed by atoms with Gasteiger partial charge in [-0.05, 0) is 337 Å². The number of aromatic nitrogens is 2. The molecular weight excluding hydrogens is 1070 g/mol. The summed E-state index contributed by atoms with van der Waals surface area (Å²) in [4.78, 5) is 12.8. The molecule has 9 aliphatic carbocycles. The lowest BCUT2D eigenvalue weighted by Crippen LogP contribution is -2.82. The molecule has 0 amide bonds. The third kappa shape index (κ3) is 1.73. The highest BCUT2D eigenvalue weighted by molar-refractivity contribution is 6.81. The van der Waals surface area contributed by atoms with Gasteiger partial charge in [-0.1, -0.05) is 60.7 Å². The monoisotopic (exact) mass is 1080 g/mol. The molecule has 8 atom stereocenters. The Bertz CT molecular complexity index is 8630. The molecule has 4 unspecified atom stereocenters. The lowest BCUT2D eigenvalue weighted by atomic mass is 9.23. The van der Waals surface area contributed by atoms with Gasteiger partial charge in [0.05, 0.1) is 44.9 Å². The first-order valence-corrected chi connectivity index (χ1v) is 32.7. The van der Waals surface area contributed by atoms with Gasteiger partial charge in [0, 0.05) is 0 Å². The molecule has 0 saturated carbocycles. The highest BCUT2D eigenvalue weighted by Gasteiger charge is 3.04. The number of nitrogens with zero attached hydrogens (tertiary/aromatic N) is 2. The van der Waals surface area contributed by atoms with Crippen molar-refractivity contribution in [2.45, 2.75) is 45.1 Å². The van der Waals surface area contributed by atoms with E-state index in [1.807, 2.05) is 0 Å². The summed E-state index contributed by atoms with van der Waals surface area (Å²) in [5, 5.41) is 80.6. The van der Waals surface area contributed by atoms with Gasteiger partial charge >= 0.3 is 0 Å². The van der Waals surface area contributed by atoms with Crippen LogP contribution in [0.3, 0.4) is 0 Å². The van der Waals surface area contributed by atoms with Gasteiger partial charge in [0.15, 0.2) is 11.2 Å². The second-order valence-electron chi connectivity index (χ2n) is 32.1. The third-order valence-electron chi connectivity index (χ3n) is 32.2. The molecule has 4 bridgehead atoms. The first-order valence-electron chi connectivity index (χ1n) is 32.7. The van der Waals surface area contributed by atoms with E-state index in [1.54, 1.807) is 303 Å². The van der Waals surface area contributed by atoms with Crippen molar-refractivity contribution in [3.8, 4) is 0 Å². The number of fused-ring (bicyclic) bond motifs is 2. The van der Waals surface area contributed by atoms with E-state index in [1.165, 1.54) is 22.3 Å². The Hall–Kier alpha value is -10.4. The van der Waals surface area contributed by atoms with Crippen LogP contribution in [0.2, 0.25) is 0 Å². The van der Waals surface area contributed by atoms with Crippen molar-refractivity contribution in [2.75, 3.05) is 0 Å². The summed E-state index contributed by atoms with van der Waals surface area (Å²) in [6.45, 7) is 0. The van der Waals surface area contributed by atoms with Crippen LogP contribution in [-0.4, -0.2) is 9.97 Å². The minimum absolute atomic E-state index is 0.316. The summed E-state index contributed by atoms with van der Waals surface area (Å²) in [7, 11) is 0. The zero-order chi connectivity index (χ0) is 52.4. The minimum atomic E-state index is -1.08. The average molecular weight is 1080 g/mol. The van der Waals surface area contributed by atoms with Crippen LogP contribution < -0.4 is 0 Å². The van der Waals surface area contributed by atoms with Crippen molar-refractivity contribution in [1.29, 1.82) is 0 Å². The lowest BCUT2D eigenvalue weighted by Gasteiger charge is -2.74. The highest BCUT2D eigenvalue weighted by Crippen LogP contribution is 3.03. The zero-order valence-corrected chi connectivity index (χ0v) is 44.8. The van der Waals surface area contributed by atoms with Crippen molar-refractivity contribution in [3.63, 3.8) is 0 Å². The first kappa shape index (κ1) is 33.5. The predicted octanol–water partition coefficient (Wildman–Crippen LogP) is 19.5. The lowest BCUT2D eigenvalue weighted by molar-refractivity contribution is -0.118. The molecule has 6 spiro atoms. The van der Waals surface area contributed by atoms with Gasteiger partial charge in [0.25, 0.3) is 0 Å². The highest BCUT2D eigenvalue weighted by atomic mass is 16.5. The molecule has 0 radical (unpaired) electrons. The van der Waals surface area contributed by atoms with E-state index in [-0.39, 0.29) is 12.2 Å². The number of benzene rings is 20. The summed E-state index contributed by atoms with van der Waals surface area (Å²) in [6, 6.07) is 28.5. The van der Waals surface area contributed by atoms with Gasteiger partial charge in [-0.2, -0.15) is 0 Å². The van der Waals surface area contributed by atoms with Crippen LogP contribution >= 0.6 is 0 Å². The van der Waals surface area contributed by atoms with Gasteiger partial charge in [0.1, 0.15) is 11.4 Å². The third-order valence-corrected chi connectivity index (χ3v) is 32.2. The Morgan fingerprint density at radius 3 is 0.750 bits per heavy atom. The standard InChI is InChI=1S/C84H14N2O2/c1-3-9-15-13(7-1)77-79-69-60-53-45-36-28-21-19-20-22-24-23(21)30-34(28)47(53)55-49-38(30)39-31(24)35-29(22)37-33-26(20)27-25(19)32(36)41-43-40(27)44-42(33)52-46(37)54-48(35)56-50(39)59(49)68-71(64(55)60)83(79)81(15,87-77)75-76(86-18-12-6-5-11-17(18)85-75)82-16-10-4-2-8-14(16)78(88-82)80-70(61(54)65(56)72(68)84(80,82)83)63(52)67-58(44)57(43)66(62(69)51(41)45)73(79)74(67)80/h1-12,77-78H/t77-,78+,79?,80?,81-,82-,83?,84?/m1/s1. The predicted molar refractivity (Wildman–Crippen MR) is 350 cm³/mol. The second kappa shape index (κ2) is 7.64. The van der Waals surface area contributed by atoms with Crippen molar-refractivity contribution >= 4 is 280 Å². The largest absolute Gasteiger partial charge is 0.354 e. The molecule has 4 heteroatoms. The van der Waals surface area contributed by atoms with E-state index in [4.69, 9.17) is 9.97 Å². The van der Waals surface area contributed by atoms with E-state index in [0.29, 0.717) is 0 Å². The maximum atomic E-state index is 9.29. The Kier molecular flexibility index (Phi) is 2.91. The van der Waals surface area contributed by atoms with E-state index in [9.17, 15) is 9.47 Å². The molecule has 13 aliphatic rings. The Balaban J connectivity index is 1.03. The summed E-state index contributed by atoms with van der Waals surface area (Å²) in [5.41, 5.74) is 14.0. The molecule has 372 valence electrons. The van der Waals surface area contributed by atoms with Crippen LogP contribution in [-0.2, 0) is 42.3 Å². The quantitative estimate of drug-likeness (QED) is 0.142. The molecule has 1 aromatic heterocycles. The molecule has 43 rings (SSSR count). The fourth-order valence-electron chi connectivity index (χ4n) is 32.7. The Labute approximate surface area is 481 Å². The van der Waals surface area contributed by atoms with Gasteiger partial charge in [-0.15, -0.1) is 0 Å². The molecule has 88 heavy (non-hydrogen) atoms. The average Bonchev–Trinajstić information content (AvgIpc) is 1.34. The first-order chi connectivity index (χ1) is 43.8. The Morgan fingerprint density at radius 2 is 0.455 bits per heavy atom. The van der Waals surface area contributed by atoms with Crippen molar-refractivity contribution in [1.82, 2.24) is 9.97 Å². The van der Waals surface area contributed by atoms with E-state index in [0.717, 1.165) is 22.4 Å². The molecule has 4 nitrogen and oxygen atoms in total. The molecule has 2 fully saturated rings. The smallest absolute Gasteiger partial charge is 0.150 e. The van der Waals surface area contributed by atoms with Gasteiger partial charge < -0.3 is 9.47 Å². The van der Waals surface area contributed by atoms with E-state index in [2.05, 4.69) is 72.8 Å². The molecule has 5 heterocycles. The Morgan fingerprint density at radius 1 is 0.227 bits per heavy atom. The van der Waals surface area contributed by atoms with Crippen LogP contribution in [0.1, 0.15) is 79.2 Å². The molecule has 4 aliphatic heterocycles. The fraction of sp³-hybridized carbons (Fsp3) is 0.0952. The number of hydrogen-bond donors (Lipinski definition) is 0. The molecule has 2 saturated heterocycles. The van der Waals surface area contributed by atoms with Gasteiger partial charge in [-0.25, -0.2) is 9.97 Å². The van der Waals surface area contributed by atoms with Crippen LogP contribution in [0.5, 0.6) is 0 Å². The second-order valence-corrected chi connectivity index (χ2v) is 32.1. The topological polar surface area (TPSA) is 44.2 Å². The number of hydrogen-bond acceptors (Lipinski definition) is 4. The molecule has 29 aromatic carbocycles. The maximum absolute atomic E-state index is 9.29. The number of rotatable bonds is 0. The maximum Gasteiger partial charge on any atom is 0.150 e. The van der Waals surface area contributed by atoms with Crippen LogP contribution in [0.25, 0.3) is 280 Å². The van der Waals surface area contributed by atoms with Crippen LogP contribution in [0.4, 0.5) is 0 Å². The van der Waals surface area contributed by atoms with Crippen molar-refractivity contribution in [2.24, 2.45) is 0 Å². The van der Waals surface area contributed by atoms with E-state index < -0.39 is 32.9 Å². The molecular formula is C84H14N2O2. The molecule has 0 N–H and O–H groups in total. The van der Waals surface area contributed by atoms with Crippen molar-refractivity contribution in [3.05, 3.63) is 140 Å². The van der Waals surface area contributed by atoms with Gasteiger partial charge in [0.2, 0.25) is 0 Å². The molecule has 30 aromatic rings. The normalized spacial score (nSPS) is 30.5. The summed E-state index contributed by atoms with van der Waals surface area (Å²) >= 11 is 0. The number of ether oxygens (including phenoxy) is 2. The van der Waals surface area contributed by atoms with Crippen LogP contribution in [0, 0.1) is 0 Å². The van der Waals surface area contributed by atoms with Crippen LogP contribution in [0.15, 0.2) is 72.8 Å². The zero-order valence-electron chi connectivity index (χ0n) is 44.8. The summed E-state index contributed by atoms with van der Waals surface area (Å²) in [6.07, 6.45) is -0.633. The number of para-hydroxylation sites is 2. The summed E-state index contributed by atoms with van der Waals surface area (Å²) < 4.78 is 18.6. The van der Waals surface area contributed by atoms with Gasteiger partial charge in [-0.3, -0.25) is 0 Å². The minimum Gasteiger partial charge on any atom is -0.354 e. The van der Waals surface area contributed by atoms with Crippen molar-refractivity contribution < 1.29 is 9.47 Å². The van der Waals surface area contributed by atoms with E-state index >= 15 is 0 Å².